The van der Waals surface area contributed by atoms with E-state index in [1.54, 1.807) is 6.92 Å². The van der Waals surface area contributed by atoms with Crippen molar-refractivity contribution in [2.24, 2.45) is 0 Å². The summed E-state index contributed by atoms with van der Waals surface area (Å²) < 4.78 is 15.3. The van der Waals surface area contributed by atoms with Crippen LogP contribution in [0.1, 0.15) is 19.8 Å². The van der Waals surface area contributed by atoms with E-state index < -0.39 is 0 Å². The molecule has 0 aromatic rings. The molecule has 1 aliphatic rings. The molecule has 0 N–H and O–H groups in total. The van der Waals surface area contributed by atoms with Crippen LogP contribution < -0.4 is 0 Å². The Morgan fingerprint density at radius 3 is 2.76 bits per heavy atom. The molecule has 1 aliphatic heterocycles. The van der Waals surface area contributed by atoms with Crippen LogP contribution in [0.15, 0.2) is 0 Å². The maximum Gasteiger partial charge on any atom is 0.332 e. The van der Waals surface area contributed by atoms with Crippen molar-refractivity contribution in [1.29, 1.82) is 0 Å². The highest BCUT2D eigenvalue weighted by Crippen LogP contribution is 2.12. The van der Waals surface area contributed by atoms with Gasteiger partial charge in [-0.25, -0.2) is 4.79 Å². The van der Waals surface area contributed by atoms with E-state index in [1.807, 2.05) is 0 Å². The minimum absolute atomic E-state index is 0.0510. The van der Waals surface area contributed by atoms with Crippen molar-refractivity contribution in [2.75, 3.05) is 46.6 Å². The molecule has 17 heavy (non-hydrogen) atoms. The van der Waals surface area contributed by atoms with Gasteiger partial charge in [-0.3, -0.25) is 0 Å². The molecule has 5 nitrogen and oxygen atoms in total. The van der Waals surface area contributed by atoms with Crippen molar-refractivity contribution in [2.45, 2.75) is 25.8 Å². The van der Waals surface area contributed by atoms with Gasteiger partial charge in [0, 0.05) is 25.8 Å². The summed E-state index contributed by atoms with van der Waals surface area (Å²) in [6.07, 6.45) is 2.16. The van der Waals surface area contributed by atoms with Crippen molar-refractivity contribution in [1.82, 2.24) is 4.90 Å². The Morgan fingerprint density at radius 2 is 2.12 bits per heavy atom. The SMILES string of the molecule is CCOC(=O)COCCN(C)C1CCOCC1. The molecule has 0 spiro atoms. The molecule has 1 rings (SSSR count). The van der Waals surface area contributed by atoms with Crippen LogP contribution in [0.25, 0.3) is 0 Å². The third-order valence-electron chi connectivity index (χ3n) is 2.93. The van der Waals surface area contributed by atoms with E-state index in [2.05, 4.69) is 11.9 Å². The molecule has 0 bridgehead atoms. The average molecular weight is 245 g/mol. The van der Waals surface area contributed by atoms with Gasteiger partial charge >= 0.3 is 5.97 Å². The molecule has 1 fully saturated rings. The molecule has 0 atom stereocenters. The fourth-order valence-corrected chi connectivity index (χ4v) is 1.88. The van der Waals surface area contributed by atoms with Crippen LogP contribution in [0.4, 0.5) is 0 Å². The topological polar surface area (TPSA) is 48.0 Å². The lowest BCUT2D eigenvalue weighted by Crippen LogP contribution is -2.38. The van der Waals surface area contributed by atoms with Gasteiger partial charge < -0.3 is 19.1 Å². The van der Waals surface area contributed by atoms with Crippen LogP contribution in [-0.4, -0.2) is 63.5 Å². The van der Waals surface area contributed by atoms with E-state index in [1.165, 1.54) is 0 Å². The maximum absolute atomic E-state index is 11.0. The predicted octanol–water partition coefficient (Wildman–Crippen LogP) is 0.677. The van der Waals surface area contributed by atoms with Crippen molar-refractivity contribution in [3.8, 4) is 0 Å². The number of esters is 1. The molecular formula is C12H23NO4. The third kappa shape index (κ3) is 6.00. The van der Waals surface area contributed by atoms with Crippen LogP contribution in [0, 0.1) is 0 Å². The van der Waals surface area contributed by atoms with Gasteiger partial charge in [0.05, 0.1) is 13.2 Å². The summed E-state index contributed by atoms with van der Waals surface area (Å²) in [6, 6.07) is 0.579. The third-order valence-corrected chi connectivity index (χ3v) is 2.93. The van der Waals surface area contributed by atoms with E-state index >= 15 is 0 Å². The van der Waals surface area contributed by atoms with E-state index in [0.29, 0.717) is 19.3 Å². The monoisotopic (exact) mass is 245 g/mol. The van der Waals surface area contributed by atoms with Gasteiger partial charge in [-0.05, 0) is 26.8 Å². The lowest BCUT2D eigenvalue weighted by molar-refractivity contribution is -0.148. The number of carbonyl (C=O) groups is 1. The Morgan fingerprint density at radius 1 is 1.41 bits per heavy atom. The summed E-state index contributed by atoms with van der Waals surface area (Å²) >= 11 is 0. The first kappa shape index (κ1) is 14.4. The van der Waals surface area contributed by atoms with Crippen LogP contribution >= 0.6 is 0 Å². The number of likely N-dealkylation sites (N-methyl/N-ethyl adjacent to an activating group) is 1. The zero-order valence-corrected chi connectivity index (χ0v) is 10.8. The summed E-state index contributed by atoms with van der Waals surface area (Å²) in [5, 5.41) is 0. The Kier molecular flexibility index (Phi) is 7.16. The van der Waals surface area contributed by atoms with Gasteiger partial charge in [-0.15, -0.1) is 0 Å². The van der Waals surface area contributed by atoms with Crippen molar-refractivity contribution >= 4 is 5.97 Å². The second kappa shape index (κ2) is 8.44. The van der Waals surface area contributed by atoms with E-state index in [-0.39, 0.29) is 12.6 Å². The highest BCUT2D eigenvalue weighted by atomic mass is 16.6. The minimum atomic E-state index is -0.291. The average Bonchev–Trinajstić information content (AvgIpc) is 2.36. The first-order valence-electron chi connectivity index (χ1n) is 6.25. The Bertz CT molecular complexity index is 217. The van der Waals surface area contributed by atoms with Gasteiger partial charge in [0.15, 0.2) is 0 Å². The summed E-state index contributed by atoms with van der Waals surface area (Å²) in [5.74, 6) is -0.291. The second-order valence-corrected chi connectivity index (χ2v) is 4.18. The molecule has 0 saturated carbocycles. The normalized spacial score (nSPS) is 17.4. The van der Waals surface area contributed by atoms with E-state index in [4.69, 9.17) is 14.2 Å². The molecule has 1 heterocycles. The van der Waals surface area contributed by atoms with Gasteiger partial charge in [0.2, 0.25) is 0 Å². The minimum Gasteiger partial charge on any atom is -0.464 e. The van der Waals surface area contributed by atoms with Gasteiger partial charge in [0.25, 0.3) is 0 Å². The van der Waals surface area contributed by atoms with E-state index in [0.717, 1.165) is 32.6 Å². The van der Waals surface area contributed by atoms with Gasteiger partial charge in [0.1, 0.15) is 6.61 Å². The molecule has 0 radical (unpaired) electrons. The number of carbonyl (C=O) groups excluding carboxylic acids is 1. The Labute approximate surface area is 103 Å². The van der Waals surface area contributed by atoms with Crippen molar-refractivity contribution in [3.63, 3.8) is 0 Å². The number of hydrogen-bond donors (Lipinski definition) is 0. The molecule has 0 aliphatic carbocycles. The quantitative estimate of drug-likeness (QED) is 0.487. The number of nitrogens with zero attached hydrogens (tertiary/aromatic N) is 1. The molecular weight excluding hydrogens is 222 g/mol. The smallest absolute Gasteiger partial charge is 0.332 e. The second-order valence-electron chi connectivity index (χ2n) is 4.18. The lowest BCUT2D eigenvalue weighted by Gasteiger charge is -2.30. The Hall–Kier alpha value is -0.650. The highest BCUT2D eigenvalue weighted by Gasteiger charge is 2.17. The molecule has 100 valence electrons. The van der Waals surface area contributed by atoms with Crippen molar-refractivity contribution < 1.29 is 19.0 Å². The first-order chi connectivity index (χ1) is 8.24. The summed E-state index contributed by atoms with van der Waals surface area (Å²) in [7, 11) is 2.09. The van der Waals surface area contributed by atoms with Gasteiger partial charge in [-0.2, -0.15) is 0 Å². The standard InChI is InChI=1S/C12H23NO4/c1-3-17-12(14)10-16-9-6-13(2)11-4-7-15-8-5-11/h11H,3-10H2,1-2H3. The van der Waals surface area contributed by atoms with Crippen molar-refractivity contribution in [3.05, 3.63) is 0 Å². The lowest BCUT2D eigenvalue weighted by atomic mass is 10.1. The fraction of sp³-hybridized carbons (Fsp3) is 0.917. The number of rotatable bonds is 7. The van der Waals surface area contributed by atoms with Gasteiger partial charge in [-0.1, -0.05) is 0 Å². The van der Waals surface area contributed by atoms with E-state index in [9.17, 15) is 4.79 Å². The summed E-state index contributed by atoms with van der Waals surface area (Å²) in [6.45, 7) is 5.34. The van der Waals surface area contributed by atoms with Crippen LogP contribution in [0.5, 0.6) is 0 Å². The van der Waals surface area contributed by atoms with Crippen LogP contribution in [0.3, 0.4) is 0 Å². The zero-order valence-electron chi connectivity index (χ0n) is 10.8. The molecule has 5 heteroatoms. The highest BCUT2D eigenvalue weighted by molar-refractivity contribution is 5.70. The summed E-state index contributed by atoms with van der Waals surface area (Å²) in [5.41, 5.74) is 0. The predicted molar refractivity (Wildman–Crippen MR) is 63.9 cm³/mol. The largest absolute Gasteiger partial charge is 0.464 e. The van der Waals surface area contributed by atoms with Crippen LogP contribution in [-0.2, 0) is 19.0 Å². The number of ether oxygens (including phenoxy) is 3. The zero-order chi connectivity index (χ0) is 12.5. The molecule has 0 amide bonds. The molecule has 0 aromatic heterocycles. The molecule has 1 saturated heterocycles. The fourth-order valence-electron chi connectivity index (χ4n) is 1.88. The summed E-state index contributed by atoms with van der Waals surface area (Å²) in [4.78, 5) is 13.3. The first-order valence-corrected chi connectivity index (χ1v) is 6.25. The number of hydrogen-bond acceptors (Lipinski definition) is 5. The molecule has 0 unspecified atom stereocenters. The maximum atomic E-state index is 11.0. The van der Waals surface area contributed by atoms with Crippen LogP contribution in [0.2, 0.25) is 0 Å². The molecule has 0 aromatic carbocycles. The Balaban J connectivity index is 2.03.